The highest BCUT2D eigenvalue weighted by atomic mass is 32.2. The molecule has 0 N–H and O–H groups in total. The number of hydrogen-bond acceptors (Lipinski definition) is 7. The maximum Gasteiger partial charge on any atom is 0.267 e. The van der Waals surface area contributed by atoms with Crippen LogP contribution < -0.4 is 10.3 Å². The van der Waals surface area contributed by atoms with Crippen molar-refractivity contribution >= 4 is 33.3 Å². The van der Waals surface area contributed by atoms with Crippen LogP contribution in [0, 0.1) is 0 Å². The first kappa shape index (κ1) is 20.4. The van der Waals surface area contributed by atoms with Gasteiger partial charge in [0.25, 0.3) is 5.56 Å². The van der Waals surface area contributed by atoms with E-state index >= 15 is 0 Å². The molecule has 29 heavy (non-hydrogen) atoms. The normalized spacial score (nSPS) is 14.5. The first-order chi connectivity index (χ1) is 14.0. The monoisotopic (exact) mass is 430 g/mol. The van der Waals surface area contributed by atoms with Crippen LogP contribution in [0.15, 0.2) is 34.2 Å². The number of likely N-dealkylation sites (N-methyl/N-ethyl adjacent to an activating group) is 1. The molecule has 154 valence electrons. The maximum absolute atomic E-state index is 13.7. The highest BCUT2D eigenvalue weighted by Gasteiger charge is 2.24. The second-order valence-corrected chi connectivity index (χ2v) is 9.70. The molecule has 0 bridgehead atoms. The van der Waals surface area contributed by atoms with Gasteiger partial charge in [0.15, 0.2) is 5.16 Å². The molecule has 0 spiro atoms. The Morgan fingerprint density at radius 1 is 1.28 bits per heavy atom. The van der Waals surface area contributed by atoms with Gasteiger partial charge in [0.1, 0.15) is 10.6 Å². The fraction of sp³-hybridized carbons (Fsp3) is 0.429. The number of rotatable bonds is 6. The summed E-state index contributed by atoms with van der Waals surface area (Å²) >= 11 is 3.30. The van der Waals surface area contributed by atoms with Gasteiger partial charge in [-0.2, -0.15) is 0 Å². The molecule has 0 saturated heterocycles. The highest BCUT2D eigenvalue weighted by Crippen LogP contribution is 2.34. The Balaban J connectivity index is 1.87. The van der Waals surface area contributed by atoms with Crippen molar-refractivity contribution in [2.45, 2.75) is 18.1 Å². The zero-order valence-electron chi connectivity index (χ0n) is 17.3. The highest BCUT2D eigenvalue weighted by molar-refractivity contribution is 7.99. The Morgan fingerprint density at radius 2 is 2.03 bits per heavy atom. The van der Waals surface area contributed by atoms with Crippen molar-refractivity contribution in [1.29, 1.82) is 0 Å². The lowest BCUT2D eigenvalue weighted by molar-refractivity contribution is 0.318. The lowest BCUT2D eigenvalue weighted by atomic mass is 10.1. The number of ether oxygens (including phenoxy) is 1. The number of nitrogens with zero attached hydrogens (tertiary/aromatic N) is 4. The fourth-order valence-corrected chi connectivity index (χ4v) is 5.99. The van der Waals surface area contributed by atoms with Crippen LogP contribution in [0.5, 0.6) is 5.75 Å². The Bertz CT molecular complexity index is 1070. The van der Waals surface area contributed by atoms with Gasteiger partial charge in [-0.25, -0.2) is 4.98 Å². The molecule has 3 aromatic rings. The molecule has 6 nitrogen and oxygen atoms in total. The number of benzene rings is 1. The van der Waals surface area contributed by atoms with Gasteiger partial charge in [0.2, 0.25) is 0 Å². The first-order valence-electron chi connectivity index (χ1n) is 9.65. The summed E-state index contributed by atoms with van der Waals surface area (Å²) in [5, 5.41) is 1.55. The van der Waals surface area contributed by atoms with E-state index in [0.717, 1.165) is 58.6 Å². The summed E-state index contributed by atoms with van der Waals surface area (Å²) in [5.74, 6) is 1.64. The fourth-order valence-electron chi connectivity index (χ4n) is 3.53. The molecule has 0 fully saturated rings. The zero-order valence-corrected chi connectivity index (χ0v) is 18.9. The summed E-state index contributed by atoms with van der Waals surface area (Å²) in [5.41, 5.74) is 2.05. The van der Waals surface area contributed by atoms with Crippen LogP contribution in [0.2, 0.25) is 0 Å². The lowest BCUT2D eigenvalue weighted by Crippen LogP contribution is -2.27. The van der Waals surface area contributed by atoms with E-state index in [0.29, 0.717) is 0 Å². The summed E-state index contributed by atoms with van der Waals surface area (Å²) in [6.07, 6.45) is 0.901. The van der Waals surface area contributed by atoms with Crippen LogP contribution in [0.25, 0.3) is 15.9 Å². The molecule has 1 aliphatic rings. The minimum absolute atomic E-state index is 0.0366. The van der Waals surface area contributed by atoms with Gasteiger partial charge in [0.05, 0.1) is 18.2 Å². The summed E-state index contributed by atoms with van der Waals surface area (Å²) in [4.78, 5) is 25.2. The molecule has 0 amide bonds. The van der Waals surface area contributed by atoms with Crippen molar-refractivity contribution in [2.75, 3.05) is 47.1 Å². The molecular formula is C21H26N4O2S2. The van der Waals surface area contributed by atoms with Gasteiger partial charge in [-0.3, -0.25) is 9.36 Å². The van der Waals surface area contributed by atoms with Crippen LogP contribution in [0.3, 0.4) is 0 Å². The molecule has 8 heteroatoms. The molecule has 4 rings (SSSR count). The molecule has 0 radical (unpaired) electrons. The Hall–Kier alpha value is -1.87. The lowest BCUT2D eigenvalue weighted by Gasteiger charge is -2.21. The minimum atomic E-state index is 0.0366. The van der Waals surface area contributed by atoms with Crippen molar-refractivity contribution < 1.29 is 4.74 Å². The summed E-state index contributed by atoms with van der Waals surface area (Å²) in [6, 6.07) is 7.63. The van der Waals surface area contributed by atoms with Crippen molar-refractivity contribution in [3.8, 4) is 11.4 Å². The topological polar surface area (TPSA) is 50.6 Å². The molecule has 1 aromatic carbocycles. The Labute approximate surface area is 179 Å². The summed E-state index contributed by atoms with van der Waals surface area (Å²) < 4.78 is 7.05. The third-order valence-corrected chi connectivity index (χ3v) is 7.16. The zero-order chi connectivity index (χ0) is 20.5. The number of hydrogen-bond donors (Lipinski definition) is 0. The van der Waals surface area contributed by atoms with Crippen LogP contribution in [-0.2, 0) is 13.0 Å². The molecule has 3 heterocycles. The average Bonchev–Trinajstić information content (AvgIpc) is 3.05. The number of methoxy groups -OCH3 is 1. The van der Waals surface area contributed by atoms with E-state index < -0.39 is 0 Å². The Kier molecular flexibility index (Phi) is 5.96. The van der Waals surface area contributed by atoms with Crippen LogP contribution in [-0.4, -0.2) is 66.4 Å². The van der Waals surface area contributed by atoms with Gasteiger partial charge in [0, 0.05) is 30.3 Å². The number of fused-ring (bicyclic) bond motifs is 3. The standard InChI is InChI=1S/C21H26N4O2S2/c1-23(2)11-12-28-21-22-19-18(16-9-10-24(3)13-17(16)29-19)20(26)25(21)14-5-7-15(27-4)8-6-14/h5-8H,9-13H2,1-4H3. The second-order valence-electron chi connectivity index (χ2n) is 7.56. The van der Waals surface area contributed by atoms with E-state index in [1.54, 1.807) is 34.8 Å². The van der Waals surface area contributed by atoms with Crippen LogP contribution >= 0.6 is 23.1 Å². The third kappa shape index (κ3) is 4.07. The molecule has 0 aliphatic carbocycles. The van der Waals surface area contributed by atoms with Gasteiger partial charge in [-0.05, 0) is 57.4 Å². The van der Waals surface area contributed by atoms with Crippen molar-refractivity contribution in [3.05, 3.63) is 45.1 Å². The summed E-state index contributed by atoms with van der Waals surface area (Å²) in [6.45, 7) is 2.79. The largest absolute Gasteiger partial charge is 0.497 e. The van der Waals surface area contributed by atoms with E-state index in [4.69, 9.17) is 9.72 Å². The van der Waals surface area contributed by atoms with Gasteiger partial charge in [-0.15, -0.1) is 11.3 Å². The summed E-state index contributed by atoms with van der Waals surface area (Å²) in [7, 11) is 7.88. The smallest absolute Gasteiger partial charge is 0.267 e. The van der Waals surface area contributed by atoms with Crippen molar-refractivity contribution in [3.63, 3.8) is 0 Å². The van der Waals surface area contributed by atoms with E-state index in [2.05, 4.69) is 30.9 Å². The number of thioether (sulfide) groups is 1. The van der Waals surface area contributed by atoms with Crippen molar-refractivity contribution in [1.82, 2.24) is 19.4 Å². The number of aromatic nitrogens is 2. The van der Waals surface area contributed by atoms with Gasteiger partial charge >= 0.3 is 0 Å². The van der Waals surface area contributed by atoms with E-state index in [-0.39, 0.29) is 5.56 Å². The molecular weight excluding hydrogens is 404 g/mol. The van der Waals surface area contributed by atoms with Crippen LogP contribution in [0.1, 0.15) is 10.4 Å². The average molecular weight is 431 g/mol. The van der Waals surface area contributed by atoms with Crippen LogP contribution in [0.4, 0.5) is 0 Å². The Morgan fingerprint density at radius 3 is 2.72 bits per heavy atom. The van der Waals surface area contributed by atoms with E-state index in [1.807, 2.05) is 24.3 Å². The molecule has 1 aliphatic heterocycles. The predicted octanol–water partition coefficient (Wildman–Crippen LogP) is 3.10. The van der Waals surface area contributed by atoms with E-state index in [9.17, 15) is 4.79 Å². The minimum Gasteiger partial charge on any atom is -0.497 e. The molecule has 0 atom stereocenters. The van der Waals surface area contributed by atoms with Crippen molar-refractivity contribution in [2.24, 2.45) is 0 Å². The second kappa shape index (κ2) is 8.47. The van der Waals surface area contributed by atoms with Gasteiger partial charge in [-0.1, -0.05) is 11.8 Å². The SMILES string of the molecule is COc1ccc(-n2c(SCCN(C)C)nc3sc4c(c3c2=O)CCN(C)C4)cc1. The number of thiophene rings is 1. The van der Waals surface area contributed by atoms with E-state index in [1.165, 1.54) is 10.4 Å². The molecule has 0 unspecified atom stereocenters. The maximum atomic E-state index is 13.7. The molecule has 2 aromatic heterocycles. The van der Waals surface area contributed by atoms with Gasteiger partial charge < -0.3 is 14.5 Å². The third-order valence-electron chi connectivity index (χ3n) is 5.13. The predicted molar refractivity (Wildman–Crippen MR) is 121 cm³/mol. The molecule has 0 saturated carbocycles. The quantitative estimate of drug-likeness (QED) is 0.442. The first-order valence-corrected chi connectivity index (χ1v) is 11.5.